The number of amides is 1. The smallest absolute Gasteiger partial charge is 0.236 e. The van der Waals surface area contributed by atoms with Crippen molar-refractivity contribution in [1.29, 1.82) is 0 Å². The van der Waals surface area contributed by atoms with E-state index in [2.05, 4.69) is 24.1 Å². The minimum absolute atomic E-state index is 0.203. The molecule has 0 spiro atoms. The van der Waals surface area contributed by atoms with E-state index < -0.39 is 0 Å². The highest BCUT2D eigenvalue weighted by Gasteiger charge is 2.22. The second-order valence-corrected chi connectivity index (χ2v) is 7.89. The van der Waals surface area contributed by atoms with Gasteiger partial charge < -0.3 is 10.2 Å². The molecule has 0 aromatic carbocycles. The molecule has 1 aliphatic rings. The number of hydrogen-bond donors (Lipinski definition) is 1. The lowest BCUT2D eigenvalue weighted by Gasteiger charge is -2.35. The Kier molecular flexibility index (Phi) is 8.20. The van der Waals surface area contributed by atoms with Gasteiger partial charge in [-0.05, 0) is 19.4 Å². The van der Waals surface area contributed by atoms with Crippen LogP contribution in [0, 0.1) is 5.41 Å². The van der Waals surface area contributed by atoms with Gasteiger partial charge in [-0.25, -0.2) is 0 Å². The van der Waals surface area contributed by atoms with Gasteiger partial charge in [-0.1, -0.05) is 34.6 Å². The van der Waals surface area contributed by atoms with E-state index in [4.69, 9.17) is 0 Å². The molecule has 23 heavy (non-hydrogen) atoms. The lowest BCUT2D eigenvalue weighted by Crippen LogP contribution is -2.51. The number of carbonyl (C=O) groups excluding carboxylic acids is 2. The molecule has 1 N–H and O–H groups in total. The van der Waals surface area contributed by atoms with Gasteiger partial charge in [-0.15, -0.1) is 0 Å². The van der Waals surface area contributed by atoms with Gasteiger partial charge in [0.25, 0.3) is 0 Å². The summed E-state index contributed by atoms with van der Waals surface area (Å²) in [6, 6.07) is 0.344. The van der Waals surface area contributed by atoms with Crippen molar-refractivity contribution in [3.63, 3.8) is 0 Å². The molecule has 1 saturated heterocycles. The van der Waals surface area contributed by atoms with Gasteiger partial charge in [0.2, 0.25) is 5.91 Å². The first-order valence-electron chi connectivity index (χ1n) is 8.97. The fourth-order valence-corrected chi connectivity index (χ4v) is 2.62. The standard InChI is InChI=1S/C18H35N3O2/c1-15(2)19-14-17(23)21-12-10-20(11-13-21)9-7-6-8-16(22)18(3,4)5/h15,19H,6-14H2,1-5H3. The molecule has 0 radical (unpaired) electrons. The lowest BCUT2D eigenvalue weighted by atomic mass is 9.88. The van der Waals surface area contributed by atoms with E-state index in [1.807, 2.05) is 25.7 Å². The van der Waals surface area contributed by atoms with Crippen molar-refractivity contribution in [1.82, 2.24) is 15.1 Å². The number of hydrogen-bond acceptors (Lipinski definition) is 4. The fraction of sp³-hybridized carbons (Fsp3) is 0.889. The van der Waals surface area contributed by atoms with Gasteiger partial charge in [-0.3, -0.25) is 14.5 Å². The van der Waals surface area contributed by atoms with E-state index in [9.17, 15) is 9.59 Å². The summed E-state index contributed by atoms with van der Waals surface area (Å²) in [6.07, 6.45) is 2.71. The van der Waals surface area contributed by atoms with Crippen molar-refractivity contribution < 1.29 is 9.59 Å². The topological polar surface area (TPSA) is 52.7 Å². The summed E-state index contributed by atoms with van der Waals surface area (Å²) in [5, 5.41) is 3.18. The van der Waals surface area contributed by atoms with Gasteiger partial charge in [0.1, 0.15) is 5.78 Å². The number of carbonyl (C=O) groups is 2. The zero-order valence-corrected chi connectivity index (χ0v) is 15.7. The molecule has 5 heteroatoms. The highest BCUT2D eigenvalue weighted by atomic mass is 16.2. The van der Waals surface area contributed by atoms with E-state index in [1.165, 1.54) is 0 Å². The molecule has 0 aliphatic carbocycles. The summed E-state index contributed by atoms with van der Waals surface area (Å²) in [5.74, 6) is 0.555. The third-order valence-corrected chi connectivity index (χ3v) is 4.35. The van der Waals surface area contributed by atoms with Crippen molar-refractivity contribution >= 4 is 11.7 Å². The molecule has 0 saturated carbocycles. The Bertz CT molecular complexity index is 380. The minimum atomic E-state index is -0.212. The number of nitrogens with zero attached hydrogens (tertiary/aromatic N) is 2. The number of rotatable bonds is 8. The Morgan fingerprint density at radius 2 is 1.65 bits per heavy atom. The molecule has 1 rings (SSSR count). The second-order valence-electron chi connectivity index (χ2n) is 7.89. The highest BCUT2D eigenvalue weighted by Crippen LogP contribution is 2.18. The van der Waals surface area contributed by atoms with Gasteiger partial charge in [0, 0.05) is 44.1 Å². The van der Waals surface area contributed by atoms with E-state index >= 15 is 0 Å². The van der Waals surface area contributed by atoms with Crippen LogP contribution in [0.25, 0.3) is 0 Å². The molecule has 1 fully saturated rings. The van der Waals surface area contributed by atoms with Gasteiger partial charge in [0.05, 0.1) is 6.54 Å². The van der Waals surface area contributed by atoms with Gasteiger partial charge in [-0.2, -0.15) is 0 Å². The van der Waals surface area contributed by atoms with Crippen molar-refractivity contribution in [2.75, 3.05) is 39.3 Å². The molecule has 134 valence electrons. The molecule has 0 bridgehead atoms. The molecule has 0 unspecified atom stereocenters. The van der Waals surface area contributed by atoms with Crippen LogP contribution in [0.15, 0.2) is 0 Å². The average Bonchev–Trinajstić information content (AvgIpc) is 2.48. The summed E-state index contributed by atoms with van der Waals surface area (Å²) in [5.41, 5.74) is -0.212. The largest absolute Gasteiger partial charge is 0.339 e. The molecular weight excluding hydrogens is 290 g/mol. The summed E-state index contributed by atoms with van der Waals surface area (Å²) in [7, 11) is 0. The quantitative estimate of drug-likeness (QED) is 0.693. The van der Waals surface area contributed by atoms with Crippen LogP contribution in [-0.4, -0.2) is 66.8 Å². The molecular formula is C18H35N3O2. The third-order valence-electron chi connectivity index (χ3n) is 4.35. The highest BCUT2D eigenvalue weighted by molar-refractivity contribution is 5.83. The van der Waals surface area contributed by atoms with Crippen LogP contribution < -0.4 is 5.32 Å². The van der Waals surface area contributed by atoms with E-state index in [1.54, 1.807) is 0 Å². The Labute approximate surface area is 141 Å². The Balaban J connectivity index is 2.15. The number of Topliss-reactive ketones (excluding diaryl/α,β-unsaturated/α-hetero) is 1. The van der Waals surface area contributed by atoms with Crippen LogP contribution in [0.3, 0.4) is 0 Å². The maximum atomic E-state index is 12.0. The van der Waals surface area contributed by atoms with E-state index in [0.29, 0.717) is 24.8 Å². The second kappa shape index (κ2) is 9.38. The number of piperazine rings is 1. The minimum Gasteiger partial charge on any atom is -0.339 e. The zero-order valence-electron chi connectivity index (χ0n) is 15.7. The Morgan fingerprint density at radius 1 is 1.04 bits per heavy atom. The van der Waals surface area contributed by atoms with Gasteiger partial charge >= 0.3 is 0 Å². The van der Waals surface area contributed by atoms with Crippen molar-refractivity contribution in [3.8, 4) is 0 Å². The summed E-state index contributed by atoms with van der Waals surface area (Å²) in [4.78, 5) is 28.3. The number of nitrogens with one attached hydrogen (secondary N) is 1. The first-order valence-corrected chi connectivity index (χ1v) is 8.97. The maximum Gasteiger partial charge on any atom is 0.236 e. The van der Waals surface area contributed by atoms with Crippen LogP contribution in [0.2, 0.25) is 0 Å². The summed E-state index contributed by atoms with van der Waals surface area (Å²) in [6.45, 7) is 15.1. The third kappa shape index (κ3) is 7.93. The maximum absolute atomic E-state index is 12.0. The van der Waals surface area contributed by atoms with Crippen LogP contribution in [0.5, 0.6) is 0 Å². The molecule has 1 amide bonds. The molecule has 0 aromatic rings. The van der Waals surface area contributed by atoms with Crippen LogP contribution in [0.4, 0.5) is 0 Å². The predicted octanol–water partition coefficient (Wildman–Crippen LogP) is 1.91. The van der Waals surface area contributed by atoms with Crippen LogP contribution >= 0.6 is 0 Å². The van der Waals surface area contributed by atoms with E-state index in [0.717, 1.165) is 45.6 Å². The van der Waals surface area contributed by atoms with Crippen molar-refractivity contribution in [2.45, 2.75) is 59.9 Å². The molecule has 0 aromatic heterocycles. The van der Waals surface area contributed by atoms with Crippen LogP contribution in [0.1, 0.15) is 53.9 Å². The predicted molar refractivity (Wildman–Crippen MR) is 94.5 cm³/mol. The summed E-state index contributed by atoms with van der Waals surface area (Å²) < 4.78 is 0. The molecule has 5 nitrogen and oxygen atoms in total. The van der Waals surface area contributed by atoms with Gasteiger partial charge in [0.15, 0.2) is 0 Å². The normalized spacial score (nSPS) is 16.9. The monoisotopic (exact) mass is 325 g/mol. The first-order chi connectivity index (χ1) is 10.7. The Morgan fingerprint density at radius 3 is 2.17 bits per heavy atom. The first kappa shape index (κ1) is 20.1. The Hall–Kier alpha value is -0.940. The van der Waals surface area contributed by atoms with Crippen molar-refractivity contribution in [3.05, 3.63) is 0 Å². The van der Waals surface area contributed by atoms with Crippen LogP contribution in [-0.2, 0) is 9.59 Å². The van der Waals surface area contributed by atoms with Crippen molar-refractivity contribution in [2.24, 2.45) is 5.41 Å². The lowest BCUT2D eigenvalue weighted by molar-refractivity contribution is -0.132. The average molecular weight is 325 g/mol. The molecule has 1 heterocycles. The van der Waals surface area contributed by atoms with E-state index in [-0.39, 0.29) is 11.3 Å². The fourth-order valence-electron chi connectivity index (χ4n) is 2.62. The number of ketones is 1. The summed E-state index contributed by atoms with van der Waals surface area (Å²) >= 11 is 0. The molecule has 1 aliphatic heterocycles. The number of unbranched alkanes of at least 4 members (excludes halogenated alkanes) is 1. The molecule has 0 atom stereocenters. The zero-order chi connectivity index (χ0) is 17.5. The SMILES string of the molecule is CC(C)NCC(=O)N1CCN(CCCCC(=O)C(C)(C)C)CC1.